The van der Waals surface area contributed by atoms with Crippen molar-refractivity contribution in [3.8, 4) is 0 Å². The monoisotopic (exact) mass is 844 g/mol. The number of amides is 3. The van der Waals surface area contributed by atoms with Gasteiger partial charge in [-0.05, 0) is 55.5 Å². The Morgan fingerprint density at radius 1 is 0.883 bits per heavy atom. The number of nitrogens with one attached hydrogen (secondary N) is 1. The summed E-state index contributed by atoms with van der Waals surface area (Å²) in [5.41, 5.74) is 8.37. The first-order chi connectivity index (χ1) is 28.9. The topological polar surface area (TPSA) is 212 Å². The molecule has 2 saturated heterocycles. The number of carbonyl (C=O) groups is 5. The van der Waals surface area contributed by atoms with Crippen LogP contribution < -0.4 is 11.1 Å². The largest absolute Gasteiger partial charge is 0.445 e. The van der Waals surface area contributed by atoms with Crippen molar-refractivity contribution in [2.75, 3.05) is 45.5 Å². The van der Waals surface area contributed by atoms with E-state index >= 15 is 0 Å². The first kappa shape index (κ1) is 43.9. The number of ketones is 2. The van der Waals surface area contributed by atoms with Crippen LogP contribution >= 0.6 is 0 Å². The zero-order chi connectivity index (χ0) is 42.6. The van der Waals surface area contributed by atoms with Crippen molar-refractivity contribution in [1.82, 2.24) is 24.4 Å². The Kier molecular flexibility index (Phi) is 15.0. The van der Waals surface area contributed by atoms with Gasteiger partial charge in [0.2, 0.25) is 21.7 Å². The molecule has 3 heterocycles. The van der Waals surface area contributed by atoms with Crippen molar-refractivity contribution in [3.63, 3.8) is 0 Å². The summed E-state index contributed by atoms with van der Waals surface area (Å²) < 4.78 is 42.6. The van der Waals surface area contributed by atoms with Gasteiger partial charge in [0, 0.05) is 44.9 Å². The summed E-state index contributed by atoms with van der Waals surface area (Å²) in [5, 5.41) is 2.72. The van der Waals surface area contributed by atoms with Gasteiger partial charge in [-0.15, -0.1) is 0 Å². The molecule has 4 aromatic rings. The minimum Gasteiger partial charge on any atom is -0.445 e. The molecule has 4 atom stereocenters. The van der Waals surface area contributed by atoms with Gasteiger partial charge in [0.1, 0.15) is 24.3 Å². The van der Waals surface area contributed by atoms with Crippen LogP contribution in [0.4, 0.5) is 9.59 Å². The van der Waals surface area contributed by atoms with Gasteiger partial charge in [-0.2, -0.15) is 4.31 Å². The van der Waals surface area contributed by atoms with Crippen molar-refractivity contribution in [1.29, 1.82) is 0 Å². The third-order valence-corrected chi connectivity index (χ3v) is 12.2. The molecule has 0 spiro atoms. The highest BCUT2D eigenvalue weighted by atomic mass is 32.2. The van der Waals surface area contributed by atoms with Crippen LogP contribution in [-0.2, 0) is 42.1 Å². The van der Waals surface area contributed by atoms with Gasteiger partial charge in [-0.3, -0.25) is 14.4 Å². The average Bonchev–Trinajstić information content (AvgIpc) is 3.89. The molecular weight excluding hydrogens is 793 g/mol. The van der Waals surface area contributed by atoms with Crippen molar-refractivity contribution >= 4 is 50.8 Å². The zero-order valence-corrected chi connectivity index (χ0v) is 34.5. The second kappa shape index (κ2) is 20.5. The van der Waals surface area contributed by atoms with Crippen molar-refractivity contribution in [2.45, 2.75) is 69.7 Å². The summed E-state index contributed by atoms with van der Waals surface area (Å²) >= 11 is 0. The number of nitrogens with two attached hydrogens (primary N) is 1. The van der Waals surface area contributed by atoms with E-state index in [9.17, 15) is 32.4 Å². The lowest BCUT2D eigenvalue weighted by molar-refractivity contribution is -0.139. The lowest BCUT2D eigenvalue weighted by atomic mass is 9.89. The van der Waals surface area contributed by atoms with Gasteiger partial charge in [0.05, 0.1) is 18.8 Å². The third kappa shape index (κ3) is 11.8. The van der Waals surface area contributed by atoms with Gasteiger partial charge in [0.15, 0.2) is 11.4 Å². The molecule has 3 amide bonds. The van der Waals surface area contributed by atoms with Gasteiger partial charge in [0.25, 0.3) is 5.89 Å². The number of benzene rings is 3. The molecule has 0 bridgehead atoms. The van der Waals surface area contributed by atoms with Crippen LogP contribution in [0.2, 0.25) is 0 Å². The number of fused-ring (bicyclic) bond motifs is 1. The number of rotatable bonds is 18. The van der Waals surface area contributed by atoms with E-state index in [-0.39, 0.29) is 64.5 Å². The van der Waals surface area contributed by atoms with Crippen LogP contribution in [0, 0.1) is 5.92 Å². The van der Waals surface area contributed by atoms with Crippen LogP contribution in [0.15, 0.2) is 89.3 Å². The molecule has 16 nitrogen and oxygen atoms in total. The molecule has 0 aliphatic carbocycles. The third-order valence-electron chi connectivity index (χ3n) is 10.8. The summed E-state index contributed by atoms with van der Waals surface area (Å²) in [4.78, 5) is 76.9. The molecule has 320 valence electrons. The van der Waals surface area contributed by atoms with E-state index in [2.05, 4.69) is 10.3 Å². The van der Waals surface area contributed by atoms with E-state index in [1.54, 1.807) is 36.4 Å². The number of unbranched alkanes of at least 4 members (excludes halogenated alkanes) is 1. The standard InChI is InChI=1S/C43H52N6O10S/c1-60(55,56)48-24-22-47(23-25-48)43(54)58-33-27-36(37(50)26-32(16-10-11-21-44)39(51)40-45-34-17-8-9-18-38(34)59-40)49(28-33)41(52)35(20-19-30-12-4-2-5-13-30)46-42(53)57-29-31-14-6-3-7-15-31/h2-9,12-15,17-18,32-33,35-36H,10-11,16,19-29,44H2,1H3,(H,46,53)/t32-,33-,35-,36+/m1/s1. The maximum atomic E-state index is 14.7. The van der Waals surface area contributed by atoms with Crippen molar-refractivity contribution in [2.24, 2.45) is 11.7 Å². The fourth-order valence-corrected chi connectivity index (χ4v) is 8.39. The number of para-hydroxylation sites is 2. The minimum atomic E-state index is -3.44. The molecule has 1 aromatic heterocycles. The smallest absolute Gasteiger partial charge is 0.410 e. The average molecular weight is 845 g/mol. The number of ether oxygens (including phenoxy) is 2. The summed E-state index contributed by atoms with van der Waals surface area (Å²) in [6, 6.07) is 23.2. The van der Waals surface area contributed by atoms with E-state index in [0.717, 1.165) is 17.4 Å². The normalized spacial score (nSPS) is 18.2. The van der Waals surface area contributed by atoms with Crippen molar-refractivity contribution in [3.05, 3.63) is 102 Å². The highest BCUT2D eigenvalue weighted by molar-refractivity contribution is 7.88. The van der Waals surface area contributed by atoms with Crippen LogP contribution in [-0.4, -0.2) is 121 Å². The molecule has 6 rings (SSSR count). The number of carbonyl (C=O) groups excluding carboxylic acids is 5. The fourth-order valence-electron chi connectivity index (χ4n) is 7.56. The number of aromatic nitrogens is 1. The van der Waals surface area contributed by atoms with Gasteiger partial charge < -0.3 is 34.7 Å². The zero-order valence-electron chi connectivity index (χ0n) is 33.6. The molecule has 2 fully saturated rings. The first-order valence-corrected chi connectivity index (χ1v) is 22.1. The van der Waals surface area contributed by atoms with Gasteiger partial charge >= 0.3 is 12.2 Å². The Hall–Kier alpha value is -5.65. The second-order valence-electron chi connectivity index (χ2n) is 15.2. The minimum absolute atomic E-state index is 0.0345. The number of nitrogens with zero attached hydrogens (tertiary/aromatic N) is 4. The Balaban J connectivity index is 1.23. The number of Topliss-reactive ketones (excluding diaryl/α,β-unsaturated/α-hetero) is 2. The van der Waals surface area contributed by atoms with E-state index in [0.29, 0.717) is 43.3 Å². The second-order valence-corrected chi connectivity index (χ2v) is 17.2. The van der Waals surface area contributed by atoms with Crippen LogP contribution in [0.1, 0.15) is 60.3 Å². The predicted molar refractivity (Wildman–Crippen MR) is 221 cm³/mol. The number of hydrogen-bond acceptors (Lipinski definition) is 12. The lowest BCUT2D eigenvalue weighted by Crippen LogP contribution is -2.52. The van der Waals surface area contributed by atoms with Crippen molar-refractivity contribution < 1.29 is 46.3 Å². The quantitative estimate of drug-likeness (QED) is 0.106. The summed E-state index contributed by atoms with van der Waals surface area (Å²) in [7, 11) is -3.44. The van der Waals surface area contributed by atoms with E-state index in [4.69, 9.17) is 19.6 Å². The Morgan fingerprint density at radius 3 is 2.22 bits per heavy atom. The van der Waals surface area contributed by atoms with E-state index < -0.39 is 63.8 Å². The van der Waals surface area contributed by atoms with E-state index in [1.165, 1.54) is 14.1 Å². The number of hydrogen-bond donors (Lipinski definition) is 2. The van der Waals surface area contributed by atoms with Gasteiger partial charge in [-0.1, -0.05) is 79.2 Å². The van der Waals surface area contributed by atoms with E-state index in [1.807, 2.05) is 48.5 Å². The number of sulfonamides is 1. The highest BCUT2D eigenvalue weighted by Gasteiger charge is 2.45. The lowest BCUT2D eigenvalue weighted by Gasteiger charge is -2.33. The summed E-state index contributed by atoms with van der Waals surface area (Å²) in [6.45, 7) is 0.588. The Labute approximate surface area is 349 Å². The summed E-state index contributed by atoms with van der Waals surface area (Å²) in [6.07, 6.45) is 0.382. The van der Waals surface area contributed by atoms with Crippen LogP contribution in [0.3, 0.4) is 0 Å². The molecule has 3 N–H and O–H groups in total. The van der Waals surface area contributed by atoms with Crippen LogP contribution in [0.5, 0.6) is 0 Å². The number of oxazole rings is 1. The van der Waals surface area contributed by atoms with Gasteiger partial charge in [-0.25, -0.2) is 23.0 Å². The molecule has 17 heteroatoms. The number of aryl methyl sites for hydroxylation is 1. The molecule has 0 radical (unpaired) electrons. The molecule has 0 saturated carbocycles. The predicted octanol–water partition coefficient (Wildman–Crippen LogP) is 4.33. The molecule has 60 heavy (non-hydrogen) atoms. The number of likely N-dealkylation sites (tertiary alicyclic amines) is 1. The Morgan fingerprint density at radius 2 is 1.55 bits per heavy atom. The maximum Gasteiger partial charge on any atom is 0.410 e. The number of alkyl carbamates (subject to hydrolysis) is 1. The highest BCUT2D eigenvalue weighted by Crippen LogP contribution is 2.29. The molecule has 0 unspecified atom stereocenters. The SMILES string of the molecule is CS(=O)(=O)N1CCN(C(=O)O[C@@H]2C[C@@H](C(=O)C[C@@H](CCCCN)C(=O)c3nc4ccccc4o3)N(C(=O)[C@@H](CCc3ccccc3)NC(=O)OCc3ccccc3)C2)CC1. The fraction of sp³-hybridized carbons (Fsp3) is 0.442. The molecular formula is C43H52N6O10S. The first-order valence-electron chi connectivity index (χ1n) is 20.2. The molecule has 2 aliphatic rings. The summed E-state index contributed by atoms with van der Waals surface area (Å²) in [5.74, 6) is -2.43. The Bertz CT molecular complexity index is 2180. The van der Waals surface area contributed by atoms with Crippen LogP contribution in [0.25, 0.3) is 11.1 Å². The molecule has 2 aliphatic heterocycles. The molecule has 3 aromatic carbocycles. The number of piperazine rings is 1. The maximum absolute atomic E-state index is 14.7.